The zero-order valence-corrected chi connectivity index (χ0v) is 9.51. The van der Waals surface area contributed by atoms with Gasteiger partial charge in [-0.05, 0) is 23.8 Å². The highest BCUT2D eigenvalue weighted by Gasteiger charge is 2.02. The third-order valence-corrected chi connectivity index (χ3v) is 2.52. The van der Waals surface area contributed by atoms with Crippen LogP contribution >= 0.6 is 0 Å². The first kappa shape index (κ1) is 11.1. The third kappa shape index (κ3) is 2.58. The molecule has 0 amide bonds. The molecule has 86 valence electrons. The lowest BCUT2D eigenvalue weighted by Crippen LogP contribution is -1.97. The highest BCUT2D eigenvalue weighted by atomic mass is 16.3. The van der Waals surface area contributed by atoms with Gasteiger partial charge >= 0.3 is 0 Å². The van der Waals surface area contributed by atoms with E-state index in [9.17, 15) is 5.11 Å². The summed E-state index contributed by atoms with van der Waals surface area (Å²) in [6, 6.07) is 10.9. The van der Waals surface area contributed by atoms with Crippen LogP contribution in [-0.2, 0) is 13.6 Å². The van der Waals surface area contributed by atoms with Crippen LogP contribution in [-0.4, -0.2) is 9.67 Å². The number of rotatable bonds is 3. The summed E-state index contributed by atoms with van der Waals surface area (Å²) in [4.78, 5) is 0. The van der Waals surface area contributed by atoms with Crippen molar-refractivity contribution in [1.82, 2.24) is 4.57 Å². The highest BCUT2D eigenvalue weighted by molar-refractivity contribution is 5.48. The molecule has 0 saturated heterocycles. The Bertz CT molecular complexity index is 566. The van der Waals surface area contributed by atoms with Gasteiger partial charge in [0.2, 0.25) is 0 Å². The normalized spacial score (nSPS) is 9.88. The van der Waals surface area contributed by atoms with Crippen molar-refractivity contribution in [3.8, 4) is 11.8 Å². The fourth-order valence-corrected chi connectivity index (χ4v) is 1.66. The maximum Gasteiger partial charge on any atom is 0.120 e. The number of nitriles is 1. The molecule has 0 spiro atoms. The number of aromatic hydroxyl groups is 1. The summed E-state index contributed by atoms with van der Waals surface area (Å²) in [6.07, 6.45) is 1.91. The van der Waals surface area contributed by atoms with Crippen LogP contribution in [0.5, 0.6) is 5.75 Å². The van der Waals surface area contributed by atoms with E-state index in [1.165, 1.54) is 0 Å². The summed E-state index contributed by atoms with van der Waals surface area (Å²) in [7, 11) is 1.84. The third-order valence-electron chi connectivity index (χ3n) is 2.52. The van der Waals surface area contributed by atoms with E-state index in [0.717, 1.165) is 11.3 Å². The molecule has 2 N–H and O–H groups in total. The predicted molar refractivity (Wildman–Crippen MR) is 65.6 cm³/mol. The number of hydrogen-bond acceptors (Lipinski definition) is 3. The molecule has 4 heteroatoms. The molecule has 0 bridgehead atoms. The lowest BCUT2D eigenvalue weighted by molar-refractivity contribution is 0.475. The number of phenols is 1. The van der Waals surface area contributed by atoms with Crippen molar-refractivity contribution in [2.24, 2.45) is 7.05 Å². The van der Waals surface area contributed by atoms with E-state index in [2.05, 4.69) is 11.4 Å². The van der Waals surface area contributed by atoms with Gasteiger partial charge in [-0.15, -0.1) is 0 Å². The molecule has 0 fully saturated rings. The molecule has 4 nitrogen and oxygen atoms in total. The zero-order valence-electron chi connectivity index (χ0n) is 9.51. The van der Waals surface area contributed by atoms with Crippen molar-refractivity contribution in [1.29, 1.82) is 5.26 Å². The molecule has 0 aliphatic heterocycles. The number of anilines is 1. The number of benzene rings is 1. The van der Waals surface area contributed by atoms with Gasteiger partial charge in [-0.1, -0.05) is 6.07 Å². The van der Waals surface area contributed by atoms with Gasteiger partial charge in [0, 0.05) is 31.5 Å². The fraction of sp³-hybridized carbons (Fsp3) is 0.154. The van der Waals surface area contributed by atoms with Gasteiger partial charge in [0.25, 0.3) is 0 Å². The van der Waals surface area contributed by atoms with E-state index >= 15 is 0 Å². The molecular formula is C13H13N3O. The number of aryl methyl sites for hydroxylation is 1. The first-order valence-corrected chi connectivity index (χ1v) is 5.27. The number of hydrogen-bond donors (Lipinski definition) is 2. The van der Waals surface area contributed by atoms with E-state index < -0.39 is 0 Å². The minimum atomic E-state index is 0.237. The number of nitrogens with one attached hydrogen (secondary N) is 1. The van der Waals surface area contributed by atoms with Crippen LogP contribution in [0.4, 0.5) is 5.69 Å². The van der Waals surface area contributed by atoms with Crippen molar-refractivity contribution in [2.45, 2.75) is 6.54 Å². The summed E-state index contributed by atoms with van der Waals surface area (Å²) in [5.41, 5.74) is 2.53. The highest BCUT2D eigenvalue weighted by Crippen LogP contribution is 2.16. The van der Waals surface area contributed by atoms with E-state index in [4.69, 9.17) is 5.26 Å². The lowest BCUT2D eigenvalue weighted by Gasteiger charge is -2.04. The van der Waals surface area contributed by atoms with Crippen LogP contribution in [0.2, 0.25) is 0 Å². The largest absolute Gasteiger partial charge is 0.508 e. The standard InChI is InChI=1S/C13H13N3O/c1-16-9-10(5-12(16)7-14)8-15-11-3-2-4-13(17)6-11/h2-6,9,15,17H,8H2,1H3. The minimum absolute atomic E-state index is 0.237. The Morgan fingerprint density at radius 3 is 2.88 bits per heavy atom. The number of phenolic OH excluding ortho intramolecular Hbond substituents is 1. The molecule has 1 aromatic heterocycles. The Labute approximate surface area is 99.7 Å². The van der Waals surface area contributed by atoms with Gasteiger partial charge in [-0.25, -0.2) is 0 Å². The molecular weight excluding hydrogens is 214 g/mol. The molecule has 2 aromatic rings. The maximum absolute atomic E-state index is 9.31. The molecule has 0 aliphatic carbocycles. The SMILES string of the molecule is Cn1cc(CNc2cccc(O)c2)cc1C#N. The number of aromatic nitrogens is 1. The molecule has 0 aliphatic rings. The van der Waals surface area contributed by atoms with Crippen molar-refractivity contribution in [3.05, 3.63) is 47.8 Å². The Kier molecular flexibility index (Phi) is 3.01. The Morgan fingerprint density at radius 2 is 2.24 bits per heavy atom. The topological polar surface area (TPSA) is 61.0 Å². The second-order valence-electron chi connectivity index (χ2n) is 3.86. The van der Waals surface area contributed by atoms with Gasteiger partial charge < -0.3 is 15.0 Å². The Balaban J connectivity index is 2.05. The Morgan fingerprint density at radius 1 is 1.41 bits per heavy atom. The van der Waals surface area contributed by atoms with Crippen molar-refractivity contribution < 1.29 is 5.11 Å². The van der Waals surface area contributed by atoms with Gasteiger partial charge in [0.1, 0.15) is 17.5 Å². The van der Waals surface area contributed by atoms with Crippen LogP contribution in [0.1, 0.15) is 11.3 Å². The zero-order chi connectivity index (χ0) is 12.3. The van der Waals surface area contributed by atoms with E-state index in [0.29, 0.717) is 12.2 Å². The van der Waals surface area contributed by atoms with Gasteiger partial charge in [0.15, 0.2) is 0 Å². The van der Waals surface area contributed by atoms with E-state index in [-0.39, 0.29) is 5.75 Å². The van der Waals surface area contributed by atoms with Crippen molar-refractivity contribution >= 4 is 5.69 Å². The summed E-state index contributed by atoms with van der Waals surface area (Å²) in [6.45, 7) is 0.624. The van der Waals surface area contributed by atoms with E-state index in [1.807, 2.05) is 25.4 Å². The molecule has 0 saturated carbocycles. The smallest absolute Gasteiger partial charge is 0.120 e. The van der Waals surface area contributed by atoms with Crippen LogP contribution in [0.25, 0.3) is 0 Å². The fourth-order valence-electron chi connectivity index (χ4n) is 1.66. The van der Waals surface area contributed by atoms with Gasteiger partial charge in [0.05, 0.1) is 0 Å². The van der Waals surface area contributed by atoms with Crippen molar-refractivity contribution in [3.63, 3.8) is 0 Å². The quantitative estimate of drug-likeness (QED) is 0.845. The van der Waals surface area contributed by atoms with Crippen LogP contribution < -0.4 is 5.32 Å². The summed E-state index contributed by atoms with van der Waals surface area (Å²) < 4.78 is 1.79. The minimum Gasteiger partial charge on any atom is -0.508 e. The van der Waals surface area contributed by atoms with Crippen LogP contribution in [0.3, 0.4) is 0 Å². The van der Waals surface area contributed by atoms with E-state index in [1.54, 1.807) is 22.8 Å². The molecule has 0 radical (unpaired) electrons. The molecule has 1 heterocycles. The summed E-state index contributed by atoms with van der Waals surface area (Å²) in [5.74, 6) is 0.237. The summed E-state index contributed by atoms with van der Waals surface area (Å²) in [5, 5.41) is 21.3. The molecule has 0 atom stereocenters. The molecule has 0 unspecified atom stereocenters. The van der Waals surface area contributed by atoms with Crippen molar-refractivity contribution in [2.75, 3.05) is 5.32 Å². The van der Waals surface area contributed by atoms with Gasteiger partial charge in [-0.3, -0.25) is 0 Å². The monoisotopic (exact) mass is 227 g/mol. The van der Waals surface area contributed by atoms with Gasteiger partial charge in [-0.2, -0.15) is 5.26 Å². The number of nitrogens with zero attached hydrogens (tertiary/aromatic N) is 2. The molecule has 17 heavy (non-hydrogen) atoms. The maximum atomic E-state index is 9.31. The van der Waals surface area contributed by atoms with Crippen LogP contribution in [0, 0.1) is 11.3 Å². The second kappa shape index (κ2) is 4.62. The average Bonchev–Trinajstić information content (AvgIpc) is 2.67. The lowest BCUT2D eigenvalue weighted by atomic mass is 10.2. The first-order chi connectivity index (χ1) is 8.19. The Hall–Kier alpha value is -2.41. The first-order valence-electron chi connectivity index (χ1n) is 5.27. The second-order valence-corrected chi connectivity index (χ2v) is 3.86. The molecule has 2 rings (SSSR count). The molecule has 1 aromatic carbocycles. The predicted octanol–water partition coefficient (Wildman–Crippen LogP) is 2.21. The average molecular weight is 227 g/mol. The summed E-state index contributed by atoms with van der Waals surface area (Å²) >= 11 is 0. The van der Waals surface area contributed by atoms with Crippen LogP contribution in [0.15, 0.2) is 36.5 Å².